The SMILES string of the molecule is CC1CN(C(=O)c2csc(I)c2)CC1C. The van der Waals surface area contributed by atoms with Gasteiger partial charge in [0.2, 0.25) is 0 Å². The maximum atomic E-state index is 12.1. The summed E-state index contributed by atoms with van der Waals surface area (Å²) in [5.74, 6) is 1.46. The third-order valence-corrected chi connectivity index (χ3v) is 4.88. The molecule has 0 radical (unpaired) electrons. The molecule has 0 aromatic carbocycles. The zero-order chi connectivity index (χ0) is 11.0. The number of amides is 1. The molecule has 1 aliphatic rings. The smallest absolute Gasteiger partial charge is 0.254 e. The lowest BCUT2D eigenvalue weighted by atomic mass is 10.0. The highest BCUT2D eigenvalue weighted by atomic mass is 127. The molecular formula is C11H14INOS. The first-order chi connectivity index (χ1) is 7.08. The van der Waals surface area contributed by atoms with Crippen molar-refractivity contribution in [2.24, 2.45) is 11.8 Å². The molecule has 1 aliphatic heterocycles. The number of carbonyl (C=O) groups is 1. The highest BCUT2D eigenvalue weighted by Gasteiger charge is 2.30. The molecule has 0 saturated carbocycles. The van der Waals surface area contributed by atoms with Crippen LogP contribution in [0.3, 0.4) is 0 Å². The van der Waals surface area contributed by atoms with Crippen LogP contribution in [0.4, 0.5) is 0 Å². The summed E-state index contributed by atoms with van der Waals surface area (Å²) >= 11 is 3.89. The summed E-state index contributed by atoms with van der Waals surface area (Å²) in [5, 5.41) is 1.96. The largest absolute Gasteiger partial charge is 0.338 e. The fourth-order valence-corrected chi connectivity index (χ4v) is 3.22. The van der Waals surface area contributed by atoms with E-state index in [1.807, 2.05) is 16.3 Å². The maximum Gasteiger partial charge on any atom is 0.254 e. The molecule has 1 aromatic heterocycles. The third-order valence-electron chi connectivity index (χ3n) is 3.09. The van der Waals surface area contributed by atoms with Gasteiger partial charge in [0.25, 0.3) is 5.91 Å². The van der Waals surface area contributed by atoms with E-state index in [9.17, 15) is 4.79 Å². The fraction of sp³-hybridized carbons (Fsp3) is 0.545. The predicted octanol–water partition coefficient (Wildman–Crippen LogP) is 3.08. The van der Waals surface area contributed by atoms with E-state index in [1.165, 1.54) is 2.88 Å². The van der Waals surface area contributed by atoms with Gasteiger partial charge in [0, 0.05) is 18.5 Å². The summed E-state index contributed by atoms with van der Waals surface area (Å²) in [7, 11) is 0. The van der Waals surface area contributed by atoms with E-state index in [0.29, 0.717) is 11.8 Å². The molecule has 2 rings (SSSR count). The highest BCUT2D eigenvalue weighted by molar-refractivity contribution is 14.1. The molecule has 2 nitrogen and oxygen atoms in total. The van der Waals surface area contributed by atoms with Gasteiger partial charge in [0.05, 0.1) is 8.45 Å². The Labute approximate surface area is 108 Å². The van der Waals surface area contributed by atoms with Crippen LogP contribution in [0.1, 0.15) is 24.2 Å². The molecule has 0 spiro atoms. The summed E-state index contributed by atoms with van der Waals surface area (Å²) < 4.78 is 1.18. The summed E-state index contributed by atoms with van der Waals surface area (Å²) in [5.41, 5.74) is 0.852. The zero-order valence-corrected chi connectivity index (χ0v) is 11.8. The van der Waals surface area contributed by atoms with Crippen LogP contribution in [0.15, 0.2) is 11.4 Å². The molecule has 1 saturated heterocycles. The normalized spacial score (nSPS) is 25.9. The quantitative estimate of drug-likeness (QED) is 0.723. The predicted molar refractivity (Wildman–Crippen MR) is 71.3 cm³/mol. The average Bonchev–Trinajstić information content (AvgIpc) is 2.74. The van der Waals surface area contributed by atoms with Crippen molar-refractivity contribution >= 4 is 39.8 Å². The van der Waals surface area contributed by atoms with Crippen molar-refractivity contribution in [2.75, 3.05) is 13.1 Å². The fourth-order valence-electron chi connectivity index (χ4n) is 1.90. The third kappa shape index (κ3) is 2.36. The number of likely N-dealkylation sites (tertiary alicyclic amines) is 1. The van der Waals surface area contributed by atoms with E-state index < -0.39 is 0 Å². The standard InChI is InChI=1S/C11H14INOS/c1-7-4-13(5-8(7)2)11(14)9-3-10(12)15-6-9/h3,6-8H,4-5H2,1-2H3. The van der Waals surface area contributed by atoms with Gasteiger partial charge in [-0.2, -0.15) is 0 Å². The molecule has 2 unspecified atom stereocenters. The number of rotatable bonds is 1. The first kappa shape index (κ1) is 11.4. The molecule has 15 heavy (non-hydrogen) atoms. The van der Waals surface area contributed by atoms with Crippen LogP contribution in [-0.4, -0.2) is 23.9 Å². The number of thiophene rings is 1. The van der Waals surface area contributed by atoms with Crippen LogP contribution >= 0.6 is 33.9 Å². The van der Waals surface area contributed by atoms with Crippen LogP contribution in [-0.2, 0) is 0 Å². The summed E-state index contributed by atoms with van der Waals surface area (Å²) in [6.07, 6.45) is 0. The Kier molecular flexibility index (Phi) is 3.35. The van der Waals surface area contributed by atoms with Gasteiger partial charge in [0.1, 0.15) is 0 Å². The minimum absolute atomic E-state index is 0.199. The van der Waals surface area contributed by atoms with Gasteiger partial charge in [0.15, 0.2) is 0 Å². The molecule has 0 bridgehead atoms. The van der Waals surface area contributed by atoms with Gasteiger partial charge in [-0.1, -0.05) is 13.8 Å². The molecule has 0 N–H and O–H groups in total. The van der Waals surface area contributed by atoms with Crippen LogP contribution in [0.5, 0.6) is 0 Å². The van der Waals surface area contributed by atoms with E-state index in [1.54, 1.807) is 11.3 Å². The van der Waals surface area contributed by atoms with Crippen LogP contribution in [0.2, 0.25) is 0 Å². The first-order valence-corrected chi connectivity index (χ1v) is 7.07. The van der Waals surface area contributed by atoms with E-state index in [2.05, 4.69) is 36.4 Å². The van der Waals surface area contributed by atoms with Gasteiger partial charge in [-0.15, -0.1) is 11.3 Å². The molecule has 2 atom stereocenters. The van der Waals surface area contributed by atoms with Crippen LogP contribution in [0.25, 0.3) is 0 Å². The topological polar surface area (TPSA) is 20.3 Å². The Bertz CT molecular complexity index is 366. The molecule has 0 aliphatic carbocycles. The lowest BCUT2D eigenvalue weighted by Crippen LogP contribution is -2.28. The van der Waals surface area contributed by atoms with Crippen molar-refractivity contribution in [1.82, 2.24) is 4.90 Å². The lowest BCUT2D eigenvalue weighted by molar-refractivity contribution is 0.0785. The average molecular weight is 335 g/mol. The Hall–Kier alpha value is -0.100. The zero-order valence-electron chi connectivity index (χ0n) is 8.87. The van der Waals surface area contributed by atoms with Crippen LogP contribution < -0.4 is 0 Å². The Morgan fingerprint density at radius 1 is 1.47 bits per heavy atom. The molecule has 1 amide bonds. The van der Waals surface area contributed by atoms with E-state index in [-0.39, 0.29) is 5.91 Å². The van der Waals surface area contributed by atoms with E-state index >= 15 is 0 Å². The maximum absolute atomic E-state index is 12.1. The number of nitrogens with zero attached hydrogens (tertiary/aromatic N) is 1. The number of carbonyl (C=O) groups excluding carboxylic acids is 1. The van der Waals surface area contributed by atoms with Crippen molar-refractivity contribution in [3.05, 3.63) is 19.9 Å². The molecule has 82 valence electrons. The molecule has 4 heteroatoms. The summed E-state index contributed by atoms with van der Waals surface area (Å²) in [6, 6.07) is 1.97. The lowest BCUT2D eigenvalue weighted by Gasteiger charge is -2.14. The van der Waals surface area contributed by atoms with Crippen LogP contribution in [0, 0.1) is 14.7 Å². The Morgan fingerprint density at radius 3 is 2.53 bits per heavy atom. The minimum atomic E-state index is 0.199. The van der Waals surface area contributed by atoms with Gasteiger partial charge in [-0.3, -0.25) is 4.79 Å². The highest BCUT2D eigenvalue weighted by Crippen LogP contribution is 2.25. The van der Waals surface area contributed by atoms with E-state index in [4.69, 9.17) is 0 Å². The first-order valence-electron chi connectivity index (χ1n) is 5.11. The second kappa shape index (κ2) is 4.41. The van der Waals surface area contributed by atoms with E-state index in [0.717, 1.165) is 18.7 Å². The van der Waals surface area contributed by atoms with Crippen molar-refractivity contribution in [2.45, 2.75) is 13.8 Å². The van der Waals surface area contributed by atoms with Gasteiger partial charge >= 0.3 is 0 Å². The Balaban J connectivity index is 2.10. The van der Waals surface area contributed by atoms with Gasteiger partial charge in [-0.25, -0.2) is 0 Å². The molecular weight excluding hydrogens is 321 g/mol. The summed E-state index contributed by atoms with van der Waals surface area (Å²) in [4.78, 5) is 14.1. The van der Waals surface area contributed by atoms with Crippen molar-refractivity contribution < 1.29 is 4.79 Å². The summed E-state index contributed by atoms with van der Waals surface area (Å²) in [6.45, 7) is 6.25. The minimum Gasteiger partial charge on any atom is -0.338 e. The monoisotopic (exact) mass is 335 g/mol. The number of hydrogen-bond donors (Lipinski definition) is 0. The van der Waals surface area contributed by atoms with Crippen molar-refractivity contribution in [3.63, 3.8) is 0 Å². The molecule has 2 heterocycles. The second-order valence-corrected chi connectivity index (χ2v) is 7.11. The molecule has 1 fully saturated rings. The van der Waals surface area contributed by atoms with Gasteiger partial charge < -0.3 is 4.90 Å². The van der Waals surface area contributed by atoms with Gasteiger partial charge in [-0.05, 0) is 40.5 Å². The second-order valence-electron chi connectivity index (χ2n) is 4.30. The van der Waals surface area contributed by atoms with Crippen molar-refractivity contribution in [1.29, 1.82) is 0 Å². The Morgan fingerprint density at radius 2 is 2.07 bits per heavy atom. The number of hydrogen-bond acceptors (Lipinski definition) is 2. The molecule has 1 aromatic rings. The number of halogens is 1. The van der Waals surface area contributed by atoms with Crippen molar-refractivity contribution in [3.8, 4) is 0 Å².